The predicted octanol–water partition coefficient (Wildman–Crippen LogP) is 1.71. The third-order valence-electron chi connectivity index (χ3n) is 3.08. The van der Waals surface area contributed by atoms with Gasteiger partial charge in [-0.25, -0.2) is 9.59 Å². The number of allylic oxidation sites excluding steroid dienone is 3. The van der Waals surface area contributed by atoms with E-state index in [1.165, 1.54) is 0 Å². The van der Waals surface area contributed by atoms with Crippen molar-refractivity contribution < 1.29 is 28.6 Å². The summed E-state index contributed by atoms with van der Waals surface area (Å²) in [4.78, 5) is 35.9. The first-order valence-corrected chi connectivity index (χ1v) is 7.05. The second-order valence-corrected chi connectivity index (χ2v) is 4.42. The SMILES string of the molecule is C/C=C/C=C/C1C(C=O)=COC1(C(=O)OCC)C(=O)OCC. The molecule has 0 spiro atoms. The molecule has 0 fully saturated rings. The molecule has 1 atom stereocenters. The molecular weight excluding hydrogens is 288 g/mol. The summed E-state index contributed by atoms with van der Waals surface area (Å²) in [5.74, 6) is -2.66. The van der Waals surface area contributed by atoms with Crippen LogP contribution in [-0.4, -0.2) is 37.0 Å². The van der Waals surface area contributed by atoms with Gasteiger partial charge in [-0.2, -0.15) is 0 Å². The number of carbonyl (C=O) groups is 3. The van der Waals surface area contributed by atoms with E-state index in [1.54, 1.807) is 38.2 Å². The standard InChI is InChI=1S/C16H20O6/c1-4-7-8-9-13-12(10-17)11-22-16(13,14(18)20-5-2)15(19)21-6-3/h4,7-11,13H,5-6H2,1-3H3/b7-4+,9-8+. The smallest absolute Gasteiger partial charge is 0.363 e. The lowest BCUT2D eigenvalue weighted by molar-refractivity contribution is -0.184. The zero-order chi connectivity index (χ0) is 16.6. The Bertz CT molecular complexity index is 497. The van der Waals surface area contributed by atoms with Gasteiger partial charge in [0, 0.05) is 5.57 Å². The van der Waals surface area contributed by atoms with Crippen molar-refractivity contribution in [3.05, 3.63) is 36.1 Å². The van der Waals surface area contributed by atoms with Gasteiger partial charge in [0.25, 0.3) is 0 Å². The molecular formula is C16H20O6. The van der Waals surface area contributed by atoms with E-state index in [0.29, 0.717) is 6.29 Å². The predicted molar refractivity (Wildman–Crippen MR) is 78.7 cm³/mol. The largest absolute Gasteiger partial charge is 0.471 e. The van der Waals surface area contributed by atoms with E-state index in [1.807, 2.05) is 6.92 Å². The van der Waals surface area contributed by atoms with Crippen molar-refractivity contribution in [2.45, 2.75) is 26.4 Å². The molecule has 0 radical (unpaired) electrons. The van der Waals surface area contributed by atoms with E-state index < -0.39 is 23.5 Å². The Labute approximate surface area is 129 Å². The van der Waals surface area contributed by atoms with E-state index in [2.05, 4.69) is 0 Å². The van der Waals surface area contributed by atoms with Gasteiger partial charge in [0.05, 0.1) is 25.4 Å². The van der Waals surface area contributed by atoms with Gasteiger partial charge in [-0.3, -0.25) is 4.79 Å². The lowest BCUT2D eigenvalue weighted by Crippen LogP contribution is -2.53. The molecule has 1 aliphatic rings. The Morgan fingerprint density at radius 1 is 1.23 bits per heavy atom. The lowest BCUT2D eigenvalue weighted by atomic mass is 9.83. The van der Waals surface area contributed by atoms with Gasteiger partial charge in [-0.1, -0.05) is 24.3 Å². The van der Waals surface area contributed by atoms with Crippen molar-refractivity contribution >= 4 is 18.2 Å². The highest BCUT2D eigenvalue weighted by atomic mass is 16.6. The molecule has 0 aromatic heterocycles. The topological polar surface area (TPSA) is 78.9 Å². The highest BCUT2D eigenvalue weighted by Gasteiger charge is 2.60. The molecule has 1 aliphatic heterocycles. The molecule has 0 bridgehead atoms. The van der Waals surface area contributed by atoms with Crippen molar-refractivity contribution in [2.75, 3.05) is 13.2 Å². The van der Waals surface area contributed by atoms with Crippen molar-refractivity contribution in [3.63, 3.8) is 0 Å². The van der Waals surface area contributed by atoms with Crippen LogP contribution in [0.2, 0.25) is 0 Å². The van der Waals surface area contributed by atoms with Crippen molar-refractivity contribution in [1.29, 1.82) is 0 Å². The van der Waals surface area contributed by atoms with Crippen LogP contribution in [0.3, 0.4) is 0 Å². The Hall–Kier alpha value is -2.37. The molecule has 6 nitrogen and oxygen atoms in total. The molecule has 0 aromatic carbocycles. The summed E-state index contributed by atoms with van der Waals surface area (Å²) in [7, 11) is 0. The number of esters is 2. The van der Waals surface area contributed by atoms with Crippen LogP contribution in [0, 0.1) is 5.92 Å². The summed E-state index contributed by atoms with van der Waals surface area (Å²) in [6.07, 6.45) is 8.30. The van der Waals surface area contributed by atoms with Gasteiger partial charge in [0.15, 0.2) is 0 Å². The van der Waals surface area contributed by atoms with E-state index in [-0.39, 0.29) is 18.8 Å². The van der Waals surface area contributed by atoms with Crippen LogP contribution < -0.4 is 0 Å². The fourth-order valence-corrected chi connectivity index (χ4v) is 2.09. The highest BCUT2D eigenvalue weighted by molar-refractivity contribution is 6.06. The third-order valence-corrected chi connectivity index (χ3v) is 3.08. The number of rotatable bonds is 7. The van der Waals surface area contributed by atoms with Crippen LogP contribution in [-0.2, 0) is 28.6 Å². The summed E-state index contributed by atoms with van der Waals surface area (Å²) >= 11 is 0. The van der Waals surface area contributed by atoms with Crippen LogP contribution in [0.25, 0.3) is 0 Å². The Balaban J connectivity index is 3.30. The van der Waals surface area contributed by atoms with Gasteiger partial charge >= 0.3 is 17.5 Å². The first-order valence-electron chi connectivity index (χ1n) is 7.05. The number of aldehydes is 1. The van der Waals surface area contributed by atoms with E-state index in [0.717, 1.165) is 6.26 Å². The molecule has 0 amide bonds. The van der Waals surface area contributed by atoms with Crippen LogP contribution in [0.15, 0.2) is 36.1 Å². The van der Waals surface area contributed by atoms with Crippen molar-refractivity contribution in [2.24, 2.45) is 5.92 Å². The second-order valence-electron chi connectivity index (χ2n) is 4.42. The molecule has 0 aromatic rings. The third kappa shape index (κ3) is 3.27. The minimum atomic E-state index is -2.01. The molecule has 6 heteroatoms. The Morgan fingerprint density at radius 2 is 1.82 bits per heavy atom. The van der Waals surface area contributed by atoms with Gasteiger partial charge in [-0.05, 0) is 20.8 Å². The number of hydrogen-bond donors (Lipinski definition) is 0. The summed E-state index contributed by atoms with van der Waals surface area (Å²) in [6, 6.07) is 0. The molecule has 1 unspecified atom stereocenters. The Morgan fingerprint density at radius 3 is 2.27 bits per heavy atom. The van der Waals surface area contributed by atoms with Gasteiger partial charge < -0.3 is 14.2 Å². The van der Waals surface area contributed by atoms with E-state index in [4.69, 9.17) is 14.2 Å². The van der Waals surface area contributed by atoms with Crippen LogP contribution >= 0.6 is 0 Å². The summed E-state index contributed by atoms with van der Waals surface area (Å²) < 4.78 is 15.2. The zero-order valence-electron chi connectivity index (χ0n) is 12.9. The molecule has 120 valence electrons. The molecule has 1 heterocycles. The van der Waals surface area contributed by atoms with Gasteiger partial charge in [0.2, 0.25) is 0 Å². The normalized spacial score (nSPS) is 19.8. The van der Waals surface area contributed by atoms with Gasteiger partial charge in [-0.15, -0.1) is 0 Å². The maximum Gasteiger partial charge on any atom is 0.363 e. The van der Waals surface area contributed by atoms with E-state index in [9.17, 15) is 14.4 Å². The first kappa shape index (κ1) is 17.7. The average molecular weight is 308 g/mol. The Kier molecular flexibility index (Phi) is 6.56. The maximum atomic E-state index is 12.3. The monoisotopic (exact) mass is 308 g/mol. The summed E-state index contributed by atoms with van der Waals surface area (Å²) in [6.45, 7) is 5.20. The van der Waals surface area contributed by atoms with Crippen molar-refractivity contribution in [3.8, 4) is 0 Å². The van der Waals surface area contributed by atoms with Crippen LogP contribution in [0.1, 0.15) is 20.8 Å². The average Bonchev–Trinajstić information content (AvgIpc) is 2.88. The quantitative estimate of drug-likeness (QED) is 0.308. The number of carbonyl (C=O) groups excluding carboxylic acids is 3. The van der Waals surface area contributed by atoms with Crippen LogP contribution in [0.5, 0.6) is 0 Å². The maximum absolute atomic E-state index is 12.3. The molecule has 0 saturated heterocycles. The lowest BCUT2D eigenvalue weighted by Gasteiger charge is -2.28. The minimum absolute atomic E-state index is 0.0745. The fraction of sp³-hybridized carbons (Fsp3) is 0.438. The first-order chi connectivity index (χ1) is 10.6. The van der Waals surface area contributed by atoms with Crippen LogP contribution in [0.4, 0.5) is 0 Å². The number of ether oxygens (including phenoxy) is 3. The minimum Gasteiger partial charge on any atom is -0.471 e. The van der Waals surface area contributed by atoms with Crippen molar-refractivity contribution in [1.82, 2.24) is 0 Å². The molecule has 1 rings (SSSR count). The second kappa shape index (κ2) is 8.17. The summed E-state index contributed by atoms with van der Waals surface area (Å²) in [5.41, 5.74) is -1.85. The summed E-state index contributed by atoms with van der Waals surface area (Å²) in [5, 5.41) is 0. The molecule has 0 aliphatic carbocycles. The molecule has 0 N–H and O–H groups in total. The fourth-order valence-electron chi connectivity index (χ4n) is 2.09. The van der Waals surface area contributed by atoms with E-state index >= 15 is 0 Å². The molecule has 0 saturated carbocycles. The molecule has 22 heavy (non-hydrogen) atoms. The number of hydrogen-bond acceptors (Lipinski definition) is 6. The highest BCUT2D eigenvalue weighted by Crippen LogP contribution is 2.38. The van der Waals surface area contributed by atoms with Gasteiger partial charge in [0.1, 0.15) is 6.29 Å². The zero-order valence-corrected chi connectivity index (χ0v) is 12.9.